The molecule has 5 aromatic rings. The van der Waals surface area contributed by atoms with Crippen LogP contribution in [0.5, 0.6) is 0 Å². The number of rotatable bonds is 13. The summed E-state index contributed by atoms with van der Waals surface area (Å²) in [6.07, 6.45) is 3.07. The summed E-state index contributed by atoms with van der Waals surface area (Å²) < 4.78 is 27.5. The predicted octanol–water partition coefficient (Wildman–Crippen LogP) is 8.53. The number of fused-ring (bicyclic) bond motifs is 1. The van der Waals surface area contributed by atoms with Gasteiger partial charge >= 0.3 is 0 Å². The van der Waals surface area contributed by atoms with E-state index in [-0.39, 0.29) is 11.4 Å². The van der Waals surface area contributed by atoms with Crippen molar-refractivity contribution in [2.75, 3.05) is 11.9 Å². The summed E-state index contributed by atoms with van der Waals surface area (Å²) >= 11 is 8.16. The van der Waals surface area contributed by atoms with E-state index in [1.165, 1.54) is 12.8 Å². The third-order valence-corrected chi connectivity index (χ3v) is 9.86. The Labute approximate surface area is 278 Å². The molecular weight excluding hydrogens is 618 g/mol. The second-order valence-corrected chi connectivity index (χ2v) is 13.2. The van der Waals surface area contributed by atoms with E-state index >= 15 is 0 Å². The Kier molecular flexibility index (Phi) is 10.2. The van der Waals surface area contributed by atoms with Gasteiger partial charge in [0.15, 0.2) is 0 Å². The first-order valence-corrected chi connectivity index (χ1v) is 17.3. The van der Waals surface area contributed by atoms with E-state index in [1.54, 1.807) is 11.3 Å². The van der Waals surface area contributed by atoms with Gasteiger partial charge in [0.1, 0.15) is 30.2 Å². The number of ether oxygens (including phenoxy) is 4. The molecule has 4 atom stereocenters. The molecule has 46 heavy (non-hydrogen) atoms. The van der Waals surface area contributed by atoms with Gasteiger partial charge in [0, 0.05) is 11.6 Å². The van der Waals surface area contributed by atoms with Crippen LogP contribution in [0.3, 0.4) is 0 Å². The molecule has 0 spiro atoms. The number of hydrogen-bond acceptors (Lipinski definition) is 8. The fraction of sp³-hybridized carbons (Fsp3) is 0.351. The maximum atomic E-state index is 6.87. The lowest BCUT2D eigenvalue weighted by Crippen LogP contribution is -2.37. The Balaban J connectivity index is 1.20. The molecule has 1 saturated carbocycles. The summed E-state index contributed by atoms with van der Waals surface area (Å²) in [6.45, 7) is 1.67. The molecule has 1 aliphatic heterocycles. The quantitative estimate of drug-likeness (QED) is 0.127. The van der Waals surface area contributed by atoms with E-state index < -0.39 is 18.3 Å². The Hall–Kier alpha value is -3.37. The summed E-state index contributed by atoms with van der Waals surface area (Å²) in [4.78, 5) is 9.33. The lowest BCUT2D eigenvalue weighted by Gasteiger charge is -2.25. The molecule has 7 rings (SSSR count). The monoisotopic (exact) mass is 655 g/mol. The van der Waals surface area contributed by atoms with E-state index in [1.807, 2.05) is 54.6 Å². The van der Waals surface area contributed by atoms with Gasteiger partial charge in [-0.05, 0) is 46.5 Å². The van der Waals surface area contributed by atoms with Crippen LogP contribution in [0.2, 0.25) is 5.28 Å². The van der Waals surface area contributed by atoms with Crippen molar-refractivity contribution in [3.05, 3.63) is 124 Å². The van der Waals surface area contributed by atoms with Crippen LogP contribution in [-0.4, -0.2) is 40.9 Å². The van der Waals surface area contributed by atoms with Gasteiger partial charge in [-0.2, -0.15) is 4.98 Å². The second-order valence-electron chi connectivity index (χ2n) is 12.0. The van der Waals surface area contributed by atoms with Crippen LogP contribution >= 0.6 is 22.9 Å². The highest BCUT2D eigenvalue weighted by Crippen LogP contribution is 2.44. The zero-order chi connectivity index (χ0) is 31.1. The molecule has 238 valence electrons. The minimum atomic E-state index is -0.450. The predicted molar refractivity (Wildman–Crippen MR) is 182 cm³/mol. The van der Waals surface area contributed by atoms with Gasteiger partial charge in [-0.1, -0.05) is 104 Å². The van der Waals surface area contributed by atoms with Crippen molar-refractivity contribution < 1.29 is 18.9 Å². The Bertz CT molecular complexity index is 1690. The number of halogens is 1. The van der Waals surface area contributed by atoms with Gasteiger partial charge in [-0.3, -0.25) is 0 Å². The molecule has 1 aliphatic carbocycles. The standard InChI is InChI=1S/C37H38ClN3O4S/c38-37-40-31-29(24-46-35(31)36(41-37)39-28-18-10-11-19-28)32-34(44-22-27-16-8-3-9-17-27)33(43-21-26-14-6-2-7-15-26)30(45-32)23-42-20-25-12-4-1-5-13-25/h1-9,12-17,24,28,30,32-34H,10-11,18-23H2,(H,39,40,41)/t30-,32-,33-,34+/m1/s1. The summed E-state index contributed by atoms with van der Waals surface area (Å²) in [7, 11) is 0. The lowest BCUT2D eigenvalue weighted by molar-refractivity contribution is -0.0898. The van der Waals surface area contributed by atoms with Crippen LogP contribution in [0.15, 0.2) is 96.4 Å². The molecular formula is C37H38ClN3O4S. The van der Waals surface area contributed by atoms with Gasteiger partial charge < -0.3 is 24.3 Å². The van der Waals surface area contributed by atoms with Crippen LogP contribution in [-0.2, 0) is 38.8 Å². The molecule has 3 aromatic carbocycles. The first-order chi connectivity index (χ1) is 22.7. The molecule has 0 bridgehead atoms. The first kappa shape index (κ1) is 31.2. The summed E-state index contributed by atoms with van der Waals surface area (Å²) in [5.41, 5.74) is 4.98. The topological polar surface area (TPSA) is 74.7 Å². The highest BCUT2D eigenvalue weighted by Gasteiger charge is 2.48. The maximum Gasteiger partial charge on any atom is 0.224 e. The highest BCUT2D eigenvalue weighted by atomic mass is 35.5. The summed E-state index contributed by atoms with van der Waals surface area (Å²) in [6, 6.07) is 30.9. The molecule has 2 aliphatic rings. The van der Waals surface area contributed by atoms with Crippen LogP contribution in [0.1, 0.15) is 54.0 Å². The average molecular weight is 656 g/mol. The number of nitrogens with one attached hydrogen (secondary N) is 1. The molecule has 0 unspecified atom stereocenters. The van der Waals surface area contributed by atoms with Gasteiger partial charge in [0.05, 0.1) is 36.6 Å². The highest BCUT2D eigenvalue weighted by molar-refractivity contribution is 7.18. The van der Waals surface area contributed by atoms with Crippen molar-refractivity contribution in [1.29, 1.82) is 0 Å². The zero-order valence-corrected chi connectivity index (χ0v) is 27.2. The van der Waals surface area contributed by atoms with Crippen molar-refractivity contribution in [2.45, 2.75) is 76.0 Å². The number of nitrogens with zero attached hydrogens (tertiary/aromatic N) is 2. The molecule has 1 N–H and O–H groups in total. The van der Waals surface area contributed by atoms with Crippen LogP contribution in [0, 0.1) is 0 Å². The Morgan fingerprint density at radius 3 is 1.98 bits per heavy atom. The normalized spacial score (nSPS) is 21.7. The number of aromatic nitrogens is 2. The number of hydrogen-bond donors (Lipinski definition) is 1. The minimum Gasteiger partial charge on any atom is -0.374 e. The fourth-order valence-corrected chi connectivity index (χ4v) is 7.52. The fourth-order valence-electron chi connectivity index (χ4n) is 6.37. The smallest absolute Gasteiger partial charge is 0.224 e. The second kappa shape index (κ2) is 15.0. The Morgan fingerprint density at radius 2 is 1.35 bits per heavy atom. The van der Waals surface area contributed by atoms with Crippen molar-refractivity contribution in [1.82, 2.24) is 9.97 Å². The van der Waals surface area contributed by atoms with Gasteiger partial charge in [0.25, 0.3) is 0 Å². The Morgan fingerprint density at radius 1 is 0.761 bits per heavy atom. The van der Waals surface area contributed by atoms with Crippen molar-refractivity contribution in [2.24, 2.45) is 0 Å². The molecule has 2 aromatic heterocycles. The van der Waals surface area contributed by atoms with Crippen molar-refractivity contribution in [3.8, 4) is 0 Å². The summed E-state index contributed by atoms with van der Waals surface area (Å²) in [5, 5.41) is 5.97. The molecule has 9 heteroatoms. The maximum absolute atomic E-state index is 6.87. The molecule has 2 fully saturated rings. The van der Waals surface area contributed by atoms with Crippen molar-refractivity contribution >= 4 is 39.0 Å². The molecule has 0 amide bonds. The number of benzene rings is 3. The van der Waals surface area contributed by atoms with E-state index in [0.717, 1.165) is 51.1 Å². The lowest BCUT2D eigenvalue weighted by atomic mass is 10.0. The SMILES string of the molecule is Clc1nc(NC2CCCC2)c2scc([C@H]3O[C@H](COCc4ccccc4)[C@@H](OCc4ccccc4)[C@H]3OCc3ccccc3)c2n1. The van der Waals surface area contributed by atoms with E-state index in [9.17, 15) is 0 Å². The molecule has 0 radical (unpaired) electrons. The molecule has 3 heterocycles. The summed E-state index contributed by atoms with van der Waals surface area (Å²) in [5.74, 6) is 0.789. The van der Waals surface area contributed by atoms with Crippen LogP contribution in [0.25, 0.3) is 10.2 Å². The molecule has 1 saturated heterocycles. The van der Waals surface area contributed by atoms with Crippen LogP contribution in [0.4, 0.5) is 5.82 Å². The van der Waals surface area contributed by atoms with Gasteiger partial charge in [-0.25, -0.2) is 4.98 Å². The minimum absolute atomic E-state index is 0.215. The average Bonchev–Trinajstić information content (AvgIpc) is 3.84. The third-order valence-electron chi connectivity index (χ3n) is 8.69. The first-order valence-electron chi connectivity index (χ1n) is 16.0. The number of anilines is 1. The van der Waals surface area contributed by atoms with E-state index in [4.69, 9.17) is 35.5 Å². The zero-order valence-electron chi connectivity index (χ0n) is 25.6. The van der Waals surface area contributed by atoms with Crippen molar-refractivity contribution in [3.63, 3.8) is 0 Å². The number of thiophene rings is 1. The van der Waals surface area contributed by atoms with Crippen LogP contribution < -0.4 is 5.32 Å². The van der Waals surface area contributed by atoms with E-state index in [2.05, 4.69) is 52.1 Å². The van der Waals surface area contributed by atoms with Gasteiger partial charge in [-0.15, -0.1) is 11.3 Å². The van der Waals surface area contributed by atoms with E-state index in [0.29, 0.717) is 32.5 Å². The third kappa shape index (κ3) is 7.44. The largest absolute Gasteiger partial charge is 0.374 e. The van der Waals surface area contributed by atoms with Gasteiger partial charge in [0.2, 0.25) is 5.28 Å². The molecule has 7 nitrogen and oxygen atoms in total.